The van der Waals surface area contributed by atoms with Crippen LogP contribution >= 0.6 is 15.9 Å². The standard InChI is InChI=1S/C14H10BrN3O3/c1-20-13-7-9(3-4-10(13)15)16-14(19)8-2-5-11-12(6-8)18-21-17-11/h2-7H,1H3,(H,16,19). The van der Waals surface area contributed by atoms with Gasteiger partial charge in [0.25, 0.3) is 5.91 Å². The van der Waals surface area contributed by atoms with Crippen molar-refractivity contribution < 1.29 is 14.2 Å². The minimum absolute atomic E-state index is 0.246. The highest BCUT2D eigenvalue weighted by Crippen LogP contribution is 2.28. The van der Waals surface area contributed by atoms with Gasteiger partial charge in [0.1, 0.15) is 16.8 Å². The largest absolute Gasteiger partial charge is 0.495 e. The van der Waals surface area contributed by atoms with Crippen LogP contribution in [0, 0.1) is 0 Å². The summed E-state index contributed by atoms with van der Waals surface area (Å²) in [5.74, 6) is 0.397. The second-order valence-corrected chi connectivity index (χ2v) is 5.13. The predicted molar refractivity (Wildman–Crippen MR) is 80.5 cm³/mol. The summed E-state index contributed by atoms with van der Waals surface area (Å²) in [6.45, 7) is 0. The van der Waals surface area contributed by atoms with E-state index in [0.29, 0.717) is 28.0 Å². The molecule has 1 heterocycles. The molecule has 0 radical (unpaired) electrons. The Kier molecular flexibility index (Phi) is 3.57. The lowest BCUT2D eigenvalue weighted by molar-refractivity contribution is 0.102. The second-order valence-electron chi connectivity index (χ2n) is 4.27. The maximum Gasteiger partial charge on any atom is 0.255 e. The molecule has 0 unspecified atom stereocenters. The van der Waals surface area contributed by atoms with Gasteiger partial charge in [-0.1, -0.05) is 0 Å². The van der Waals surface area contributed by atoms with E-state index in [9.17, 15) is 4.79 Å². The zero-order valence-corrected chi connectivity index (χ0v) is 12.5. The fourth-order valence-electron chi connectivity index (χ4n) is 1.86. The number of amides is 1. The minimum Gasteiger partial charge on any atom is -0.495 e. The Morgan fingerprint density at radius 2 is 2.00 bits per heavy atom. The zero-order valence-electron chi connectivity index (χ0n) is 11.0. The number of hydrogen-bond acceptors (Lipinski definition) is 5. The predicted octanol–water partition coefficient (Wildman–Crippen LogP) is 3.25. The number of fused-ring (bicyclic) bond motifs is 1. The van der Waals surface area contributed by atoms with Gasteiger partial charge in [0.2, 0.25) is 0 Å². The van der Waals surface area contributed by atoms with Gasteiger partial charge in [-0.2, -0.15) is 0 Å². The van der Waals surface area contributed by atoms with Gasteiger partial charge in [-0.25, -0.2) is 4.63 Å². The lowest BCUT2D eigenvalue weighted by Crippen LogP contribution is -2.11. The van der Waals surface area contributed by atoms with E-state index in [-0.39, 0.29) is 5.91 Å². The molecule has 3 rings (SSSR count). The fourth-order valence-corrected chi connectivity index (χ4v) is 2.27. The van der Waals surface area contributed by atoms with Crippen molar-refractivity contribution in [1.82, 2.24) is 10.3 Å². The number of methoxy groups -OCH3 is 1. The number of anilines is 1. The lowest BCUT2D eigenvalue weighted by atomic mass is 10.2. The first-order chi connectivity index (χ1) is 10.2. The Bertz CT molecular complexity index is 816. The van der Waals surface area contributed by atoms with Crippen molar-refractivity contribution in [3.8, 4) is 5.75 Å². The van der Waals surface area contributed by atoms with Gasteiger partial charge in [-0.3, -0.25) is 4.79 Å². The molecular formula is C14H10BrN3O3. The lowest BCUT2D eigenvalue weighted by Gasteiger charge is -2.08. The smallest absolute Gasteiger partial charge is 0.255 e. The van der Waals surface area contributed by atoms with Gasteiger partial charge in [0.15, 0.2) is 0 Å². The molecule has 1 aromatic heterocycles. The molecule has 3 aromatic rings. The molecule has 106 valence electrons. The quantitative estimate of drug-likeness (QED) is 0.786. The average Bonchev–Trinajstić information content (AvgIpc) is 2.96. The molecule has 0 saturated carbocycles. The Morgan fingerprint density at radius 3 is 2.81 bits per heavy atom. The molecule has 0 aliphatic heterocycles. The van der Waals surface area contributed by atoms with Crippen LogP contribution in [0.25, 0.3) is 11.0 Å². The summed E-state index contributed by atoms with van der Waals surface area (Å²) in [5, 5.41) is 10.2. The zero-order chi connectivity index (χ0) is 14.8. The molecule has 21 heavy (non-hydrogen) atoms. The van der Waals surface area contributed by atoms with Gasteiger partial charge in [0, 0.05) is 17.3 Å². The monoisotopic (exact) mass is 347 g/mol. The summed E-state index contributed by atoms with van der Waals surface area (Å²) in [6.07, 6.45) is 0. The van der Waals surface area contributed by atoms with Crippen LogP contribution in [0.5, 0.6) is 5.75 Å². The third kappa shape index (κ3) is 2.73. The first kappa shape index (κ1) is 13.6. The van der Waals surface area contributed by atoms with E-state index in [4.69, 9.17) is 4.74 Å². The highest BCUT2D eigenvalue weighted by atomic mass is 79.9. The molecular weight excluding hydrogens is 338 g/mol. The van der Waals surface area contributed by atoms with Crippen LogP contribution < -0.4 is 10.1 Å². The molecule has 0 bridgehead atoms. The van der Waals surface area contributed by atoms with Crippen molar-refractivity contribution in [3.05, 3.63) is 46.4 Å². The van der Waals surface area contributed by atoms with E-state index < -0.39 is 0 Å². The number of benzene rings is 2. The molecule has 0 saturated heterocycles. The summed E-state index contributed by atoms with van der Waals surface area (Å²) in [4.78, 5) is 12.2. The van der Waals surface area contributed by atoms with E-state index in [1.165, 1.54) is 0 Å². The number of nitrogens with zero attached hydrogens (tertiary/aromatic N) is 2. The van der Waals surface area contributed by atoms with Crippen molar-refractivity contribution >= 4 is 38.6 Å². The Labute approximate surface area is 128 Å². The van der Waals surface area contributed by atoms with E-state index in [0.717, 1.165) is 4.47 Å². The molecule has 0 fully saturated rings. The number of ether oxygens (including phenoxy) is 1. The van der Waals surface area contributed by atoms with E-state index in [2.05, 4.69) is 36.2 Å². The van der Waals surface area contributed by atoms with Gasteiger partial charge in [-0.15, -0.1) is 0 Å². The summed E-state index contributed by atoms with van der Waals surface area (Å²) >= 11 is 3.36. The summed E-state index contributed by atoms with van der Waals surface area (Å²) in [7, 11) is 1.57. The van der Waals surface area contributed by atoms with Gasteiger partial charge in [0.05, 0.1) is 11.6 Å². The van der Waals surface area contributed by atoms with Crippen molar-refractivity contribution in [2.45, 2.75) is 0 Å². The molecule has 1 N–H and O–H groups in total. The Hall–Kier alpha value is -2.41. The highest BCUT2D eigenvalue weighted by molar-refractivity contribution is 9.10. The van der Waals surface area contributed by atoms with Gasteiger partial charge < -0.3 is 10.1 Å². The molecule has 6 nitrogen and oxygen atoms in total. The third-order valence-electron chi connectivity index (χ3n) is 2.92. The number of hydrogen-bond donors (Lipinski definition) is 1. The van der Waals surface area contributed by atoms with Crippen LogP contribution in [0.15, 0.2) is 45.5 Å². The molecule has 0 spiro atoms. The van der Waals surface area contributed by atoms with E-state index >= 15 is 0 Å². The van der Waals surface area contributed by atoms with Crippen LogP contribution in [-0.4, -0.2) is 23.3 Å². The number of halogens is 1. The number of nitrogens with one attached hydrogen (secondary N) is 1. The Balaban J connectivity index is 1.85. The molecule has 0 atom stereocenters. The maximum atomic E-state index is 12.2. The highest BCUT2D eigenvalue weighted by Gasteiger charge is 2.10. The first-order valence-corrected chi connectivity index (χ1v) is 6.84. The number of aromatic nitrogens is 2. The maximum absolute atomic E-state index is 12.2. The first-order valence-electron chi connectivity index (χ1n) is 6.04. The topological polar surface area (TPSA) is 77.2 Å². The molecule has 2 aromatic carbocycles. The summed E-state index contributed by atoms with van der Waals surface area (Å²) < 4.78 is 10.6. The van der Waals surface area contributed by atoms with Crippen LogP contribution in [-0.2, 0) is 0 Å². The summed E-state index contributed by atoms with van der Waals surface area (Å²) in [6, 6.07) is 10.3. The van der Waals surface area contributed by atoms with Gasteiger partial charge >= 0.3 is 0 Å². The van der Waals surface area contributed by atoms with Crippen LogP contribution in [0.3, 0.4) is 0 Å². The fraction of sp³-hybridized carbons (Fsp3) is 0.0714. The summed E-state index contributed by atoms with van der Waals surface area (Å²) in [5.41, 5.74) is 2.26. The molecule has 0 aliphatic carbocycles. The van der Waals surface area contributed by atoms with Gasteiger partial charge in [-0.05, 0) is 56.6 Å². The number of rotatable bonds is 3. The molecule has 0 aliphatic rings. The van der Waals surface area contributed by atoms with Crippen molar-refractivity contribution in [1.29, 1.82) is 0 Å². The van der Waals surface area contributed by atoms with Crippen LogP contribution in [0.2, 0.25) is 0 Å². The van der Waals surface area contributed by atoms with Crippen molar-refractivity contribution in [3.63, 3.8) is 0 Å². The van der Waals surface area contributed by atoms with Crippen molar-refractivity contribution in [2.24, 2.45) is 0 Å². The second kappa shape index (κ2) is 5.53. The average molecular weight is 348 g/mol. The van der Waals surface area contributed by atoms with Crippen molar-refractivity contribution in [2.75, 3.05) is 12.4 Å². The third-order valence-corrected chi connectivity index (χ3v) is 3.58. The SMILES string of the molecule is COc1cc(NC(=O)c2ccc3nonc3c2)ccc1Br. The Morgan fingerprint density at radius 1 is 1.19 bits per heavy atom. The normalized spacial score (nSPS) is 10.6. The van der Waals surface area contributed by atoms with E-state index in [1.54, 1.807) is 43.5 Å². The molecule has 7 heteroatoms. The molecule has 1 amide bonds. The van der Waals surface area contributed by atoms with Crippen LogP contribution in [0.4, 0.5) is 5.69 Å². The number of carbonyl (C=O) groups is 1. The van der Waals surface area contributed by atoms with E-state index in [1.807, 2.05) is 0 Å². The number of carbonyl (C=O) groups excluding carboxylic acids is 1. The van der Waals surface area contributed by atoms with Crippen LogP contribution in [0.1, 0.15) is 10.4 Å². The minimum atomic E-state index is -0.246.